The molecule has 0 aromatic rings. The normalized spacial score (nSPS) is 21.4. The molecule has 80 valence electrons. The molecule has 1 aliphatic rings. The highest BCUT2D eigenvalue weighted by Gasteiger charge is 2.27. The molecule has 0 bridgehead atoms. The number of amides is 2. The second kappa shape index (κ2) is 5.20. The maximum absolute atomic E-state index is 11.3. The van der Waals surface area contributed by atoms with Crippen molar-refractivity contribution in [2.75, 3.05) is 19.6 Å². The second-order valence-corrected chi connectivity index (χ2v) is 4.09. The van der Waals surface area contributed by atoms with Crippen molar-refractivity contribution in [2.24, 2.45) is 0 Å². The molecule has 0 aromatic heterocycles. The highest BCUT2D eigenvalue weighted by Crippen LogP contribution is 2.15. The van der Waals surface area contributed by atoms with Crippen LogP contribution < -0.4 is 5.32 Å². The predicted molar refractivity (Wildman–Crippen MR) is 54.1 cm³/mol. The lowest BCUT2D eigenvalue weighted by atomic mass is 10.4. The summed E-state index contributed by atoms with van der Waals surface area (Å²) in [7, 11) is 0. The highest BCUT2D eigenvalue weighted by molar-refractivity contribution is 6.22. The van der Waals surface area contributed by atoms with E-state index in [1.165, 1.54) is 6.92 Å². The van der Waals surface area contributed by atoms with Crippen molar-refractivity contribution < 1.29 is 9.59 Å². The number of nitrogens with one attached hydrogen (secondary N) is 1. The van der Waals surface area contributed by atoms with E-state index in [0.717, 1.165) is 6.42 Å². The zero-order valence-electron chi connectivity index (χ0n) is 8.25. The van der Waals surface area contributed by atoms with Gasteiger partial charge in [0.05, 0.1) is 5.38 Å². The Balaban J connectivity index is 2.13. The van der Waals surface area contributed by atoms with Gasteiger partial charge in [-0.15, -0.1) is 11.6 Å². The Hall–Kier alpha value is -0.770. The van der Waals surface area contributed by atoms with Gasteiger partial charge in [0.25, 0.3) is 0 Å². The maximum Gasteiger partial charge on any atom is 0.224 e. The molecule has 0 aromatic carbocycles. The van der Waals surface area contributed by atoms with Crippen LogP contribution in [0.25, 0.3) is 0 Å². The summed E-state index contributed by atoms with van der Waals surface area (Å²) >= 11 is 5.83. The molecule has 0 radical (unpaired) electrons. The van der Waals surface area contributed by atoms with E-state index in [1.54, 1.807) is 4.90 Å². The minimum Gasteiger partial charge on any atom is -0.356 e. The third-order valence-corrected chi connectivity index (χ3v) is 2.44. The molecule has 0 spiro atoms. The SMILES string of the molecule is CC(=O)NCCCN1CC(Cl)CC1=O. The first-order valence-corrected chi connectivity index (χ1v) is 5.19. The van der Waals surface area contributed by atoms with Crippen LogP contribution in [0.1, 0.15) is 19.8 Å². The molecule has 1 unspecified atom stereocenters. The molecule has 1 heterocycles. The van der Waals surface area contributed by atoms with Crippen molar-refractivity contribution in [3.05, 3.63) is 0 Å². The van der Waals surface area contributed by atoms with Gasteiger partial charge in [0, 0.05) is 33.0 Å². The van der Waals surface area contributed by atoms with Crippen molar-refractivity contribution in [3.63, 3.8) is 0 Å². The summed E-state index contributed by atoms with van der Waals surface area (Å²) in [6, 6.07) is 0. The van der Waals surface area contributed by atoms with E-state index in [-0.39, 0.29) is 17.2 Å². The van der Waals surface area contributed by atoms with Gasteiger partial charge in [-0.3, -0.25) is 9.59 Å². The molecule has 1 atom stereocenters. The Bertz CT molecular complexity index is 233. The molecule has 1 fully saturated rings. The number of likely N-dealkylation sites (tertiary alicyclic amines) is 1. The average molecular weight is 219 g/mol. The van der Waals surface area contributed by atoms with Crippen molar-refractivity contribution in [2.45, 2.75) is 25.1 Å². The third-order valence-electron chi connectivity index (χ3n) is 2.15. The topological polar surface area (TPSA) is 49.4 Å². The van der Waals surface area contributed by atoms with Crippen LogP contribution in [-0.2, 0) is 9.59 Å². The van der Waals surface area contributed by atoms with Crippen LogP contribution in [0.15, 0.2) is 0 Å². The van der Waals surface area contributed by atoms with Crippen molar-refractivity contribution in [1.29, 1.82) is 0 Å². The van der Waals surface area contributed by atoms with Gasteiger partial charge in [0.2, 0.25) is 11.8 Å². The summed E-state index contributed by atoms with van der Waals surface area (Å²) in [4.78, 5) is 23.6. The van der Waals surface area contributed by atoms with E-state index >= 15 is 0 Å². The quantitative estimate of drug-likeness (QED) is 0.547. The standard InChI is InChI=1S/C9H15ClN2O2/c1-7(13)11-3-2-4-12-6-8(10)5-9(12)14/h8H,2-6H2,1H3,(H,11,13). The van der Waals surface area contributed by atoms with Gasteiger partial charge in [-0.25, -0.2) is 0 Å². The lowest BCUT2D eigenvalue weighted by Crippen LogP contribution is -2.30. The summed E-state index contributed by atoms with van der Waals surface area (Å²) in [5.74, 6) is 0.0841. The number of hydrogen-bond donors (Lipinski definition) is 1. The molecule has 2 amide bonds. The van der Waals surface area contributed by atoms with Crippen LogP contribution in [0, 0.1) is 0 Å². The molecule has 0 saturated carbocycles. The third kappa shape index (κ3) is 3.54. The molecule has 1 rings (SSSR count). The van der Waals surface area contributed by atoms with Gasteiger partial charge in [-0.05, 0) is 6.42 Å². The Morgan fingerprint density at radius 2 is 2.43 bits per heavy atom. The van der Waals surface area contributed by atoms with E-state index in [9.17, 15) is 9.59 Å². The van der Waals surface area contributed by atoms with E-state index in [0.29, 0.717) is 26.1 Å². The van der Waals surface area contributed by atoms with Crippen molar-refractivity contribution in [1.82, 2.24) is 10.2 Å². The Morgan fingerprint density at radius 1 is 1.71 bits per heavy atom. The van der Waals surface area contributed by atoms with Gasteiger partial charge in [-0.1, -0.05) is 0 Å². The van der Waals surface area contributed by atoms with Gasteiger partial charge in [-0.2, -0.15) is 0 Å². The lowest BCUT2D eigenvalue weighted by Gasteiger charge is -2.15. The first-order valence-electron chi connectivity index (χ1n) is 4.76. The highest BCUT2D eigenvalue weighted by atomic mass is 35.5. The Kier molecular flexibility index (Phi) is 4.20. The number of alkyl halides is 1. The van der Waals surface area contributed by atoms with Crippen molar-refractivity contribution in [3.8, 4) is 0 Å². The van der Waals surface area contributed by atoms with Gasteiger partial charge in [0.15, 0.2) is 0 Å². The van der Waals surface area contributed by atoms with Crippen LogP contribution in [0.5, 0.6) is 0 Å². The molecule has 1 aliphatic heterocycles. The summed E-state index contributed by atoms with van der Waals surface area (Å²) in [6.45, 7) is 3.42. The first kappa shape index (κ1) is 11.3. The minimum absolute atomic E-state index is 0.0343. The number of nitrogens with zero attached hydrogens (tertiary/aromatic N) is 1. The maximum atomic E-state index is 11.3. The molecule has 1 saturated heterocycles. The smallest absolute Gasteiger partial charge is 0.224 e. The van der Waals surface area contributed by atoms with Gasteiger partial charge in [0.1, 0.15) is 0 Å². The van der Waals surface area contributed by atoms with Gasteiger partial charge < -0.3 is 10.2 Å². The number of carbonyl (C=O) groups excluding carboxylic acids is 2. The fraction of sp³-hybridized carbons (Fsp3) is 0.778. The minimum atomic E-state index is -0.0386. The fourth-order valence-corrected chi connectivity index (χ4v) is 1.77. The zero-order chi connectivity index (χ0) is 10.6. The van der Waals surface area contributed by atoms with E-state index < -0.39 is 0 Å². The predicted octanol–water partition coefficient (Wildman–Crippen LogP) is 0.352. The number of carbonyl (C=O) groups is 2. The monoisotopic (exact) mass is 218 g/mol. The lowest BCUT2D eigenvalue weighted by molar-refractivity contribution is -0.127. The Morgan fingerprint density at radius 3 is 2.93 bits per heavy atom. The van der Waals surface area contributed by atoms with Gasteiger partial charge >= 0.3 is 0 Å². The molecule has 0 aliphatic carbocycles. The van der Waals surface area contributed by atoms with E-state index in [1.807, 2.05) is 0 Å². The summed E-state index contributed by atoms with van der Waals surface area (Å²) < 4.78 is 0. The number of rotatable bonds is 4. The zero-order valence-corrected chi connectivity index (χ0v) is 9.01. The van der Waals surface area contributed by atoms with Crippen LogP contribution >= 0.6 is 11.6 Å². The summed E-state index contributed by atoms with van der Waals surface area (Å²) in [6.07, 6.45) is 1.23. The Labute approximate surface area is 88.6 Å². The van der Waals surface area contributed by atoms with Crippen LogP contribution in [0.3, 0.4) is 0 Å². The molecule has 1 N–H and O–H groups in total. The second-order valence-electron chi connectivity index (χ2n) is 3.48. The van der Waals surface area contributed by atoms with E-state index in [4.69, 9.17) is 11.6 Å². The number of hydrogen-bond acceptors (Lipinski definition) is 2. The first-order chi connectivity index (χ1) is 6.59. The van der Waals surface area contributed by atoms with Crippen LogP contribution in [-0.4, -0.2) is 41.7 Å². The summed E-state index contributed by atoms with van der Waals surface area (Å²) in [5, 5.41) is 2.65. The molecule has 14 heavy (non-hydrogen) atoms. The van der Waals surface area contributed by atoms with Crippen LogP contribution in [0.2, 0.25) is 0 Å². The fourth-order valence-electron chi connectivity index (χ4n) is 1.47. The molecular weight excluding hydrogens is 204 g/mol. The molecular formula is C9H15ClN2O2. The number of halogens is 1. The van der Waals surface area contributed by atoms with E-state index in [2.05, 4.69) is 5.32 Å². The largest absolute Gasteiger partial charge is 0.356 e. The van der Waals surface area contributed by atoms with Crippen molar-refractivity contribution >= 4 is 23.4 Å². The molecule has 5 heteroatoms. The average Bonchev–Trinajstić information content (AvgIpc) is 2.39. The summed E-state index contributed by atoms with van der Waals surface area (Å²) in [5.41, 5.74) is 0. The van der Waals surface area contributed by atoms with Crippen LogP contribution in [0.4, 0.5) is 0 Å². The molecule has 4 nitrogen and oxygen atoms in total.